The minimum absolute atomic E-state index is 0.0579. The van der Waals surface area contributed by atoms with E-state index in [4.69, 9.17) is 4.52 Å². The quantitative estimate of drug-likeness (QED) is 0.801. The van der Waals surface area contributed by atoms with Gasteiger partial charge in [0, 0.05) is 25.4 Å². The molecule has 0 aliphatic carbocycles. The first-order chi connectivity index (χ1) is 8.00. The van der Waals surface area contributed by atoms with Crippen molar-refractivity contribution in [3.63, 3.8) is 0 Å². The second-order valence-corrected chi connectivity index (χ2v) is 6.34. The highest BCUT2D eigenvalue weighted by Gasteiger charge is 2.29. The molecule has 0 radical (unpaired) electrons. The van der Waals surface area contributed by atoms with E-state index < -0.39 is 10.0 Å². The van der Waals surface area contributed by atoms with Crippen LogP contribution in [-0.4, -0.2) is 42.2 Å². The number of piperidine rings is 1. The van der Waals surface area contributed by atoms with Crippen molar-refractivity contribution < 1.29 is 12.9 Å². The van der Waals surface area contributed by atoms with E-state index in [2.05, 4.69) is 10.1 Å². The van der Waals surface area contributed by atoms with Gasteiger partial charge in [-0.05, 0) is 12.8 Å². The van der Waals surface area contributed by atoms with Gasteiger partial charge in [-0.1, -0.05) is 12.1 Å². The molecule has 1 aromatic rings. The number of aromatic nitrogens is 2. The van der Waals surface area contributed by atoms with Crippen LogP contribution in [0, 0.1) is 0 Å². The third kappa shape index (κ3) is 2.84. The van der Waals surface area contributed by atoms with Crippen molar-refractivity contribution in [1.82, 2.24) is 14.4 Å². The summed E-state index contributed by atoms with van der Waals surface area (Å²) in [5.41, 5.74) is 0. The fraction of sp³-hybridized carbons (Fsp3) is 0.800. The normalized spacial score (nSPS) is 22.8. The Morgan fingerprint density at radius 1 is 1.53 bits per heavy atom. The van der Waals surface area contributed by atoms with Crippen molar-refractivity contribution in [2.24, 2.45) is 0 Å². The molecule has 96 valence electrons. The van der Waals surface area contributed by atoms with E-state index in [1.807, 2.05) is 6.92 Å². The van der Waals surface area contributed by atoms with E-state index >= 15 is 0 Å². The Balaban J connectivity index is 2.12. The van der Waals surface area contributed by atoms with Gasteiger partial charge in [-0.2, -0.15) is 4.98 Å². The minimum Gasteiger partial charge on any atom is -0.339 e. The van der Waals surface area contributed by atoms with Gasteiger partial charge in [0.15, 0.2) is 5.82 Å². The van der Waals surface area contributed by atoms with Gasteiger partial charge in [0.05, 0.1) is 6.26 Å². The van der Waals surface area contributed by atoms with Crippen LogP contribution in [-0.2, 0) is 16.4 Å². The molecule has 0 aromatic carbocycles. The topological polar surface area (TPSA) is 76.3 Å². The van der Waals surface area contributed by atoms with E-state index in [1.165, 1.54) is 10.6 Å². The first kappa shape index (κ1) is 12.5. The molecule has 1 atom stereocenters. The summed E-state index contributed by atoms with van der Waals surface area (Å²) < 4.78 is 29.5. The lowest BCUT2D eigenvalue weighted by atomic mass is 9.99. The highest BCUT2D eigenvalue weighted by atomic mass is 32.2. The molecule has 1 saturated heterocycles. The summed E-state index contributed by atoms with van der Waals surface area (Å²) in [5.74, 6) is 1.30. The van der Waals surface area contributed by atoms with Gasteiger partial charge in [0.25, 0.3) is 0 Å². The Hall–Kier alpha value is -0.950. The van der Waals surface area contributed by atoms with Gasteiger partial charge < -0.3 is 4.52 Å². The lowest BCUT2D eigenvalue weighted by Crippen LogP contribution is -2.38. The summed E-state index contributed by atoms with van der Waals surface area (Å²) in [7, 11) is -3.12. The largest absolute Gasteiger partial charge is 0.339 e. The first-order valence-electron chi connectivity index (χ1n) is 5.78. The summed E-state index contributed by atoms with van der Waals surface area (Å²) in [6.07, 6.45) is 3.70. The van der Waals surface area contributed by atoms with Crippen LogP contribution >= 0.6 is 0 Å². The second-order valence-electron chi connectivity index (χ2n) is 4.36. The fourth-order valence-corrected chi connectivity index (χ4v) is 2.94. The van der Waals surface area contributed by atoms with E-state index in [-0.39, 0.29) is 5.92 Å². The predicted octanol–water partition coefficient (Wildman–Crippen LogP) is 0.771. The van der Waals surface area contributed by atoms with Crippen LogP contribution in [0.4, 0.5) is 0 Å². The third-order valence-corrected chi connectivity index (χ3v) is 4.27. The molecule has 0 spiro atoms. The Bertz CT molecular complexity index is 483. The molecule has 2 rings (SSSR count). The van der Waals surface area contributed by atoms with Crippen molar-refractivity contribution in [2.45, 2.75) is 32.1 Å². The molecule has 1 aliphatic heterocycles. The molecule has 2 heterocycles. The summed E-state index contributed by atoms with van der Waals surface area (Å²) >= 11 is 0. The zero-order chi connectivity index (χ0) is 12.5. The number of hydrogen-bond donors (Lipinski definition) is 0. The molecule has 1 unspecified atom stereocenters. The van der Waals surface area contributed by atoms with Gasteiger partial charge in [0.1, 0.15) is 0 Å². The number of nitrogens with zero attached hydrogens (tertiary/aromatic N) is 3. The SMILES string of the molecule is CCc1nc(C2CCCN(S(C)(=O)=O)C2)no1. The minimum atomic E-state index is -3.12. The van der Waals surface area contributed by atoms with Crippen LogP contribution in [0.1, 0.15) is 37.4 Å². The van der Waals surface area contributed by atoms with E-state index in [9.17, 15) is 8.42 Å². The van der Waals surface area contributed by atoms with Crippen LogP contribution in [0.15, 0.2) is 4.52 Å². The standard InChI is InChI=1S/C10H17N3O3S/c1-3-9-11-10(12-16-9)8-5-4-6-13(7-8)17(2,14)15/h8H,3-7H2,1-2H3. The van der Waals surface area contributed by atoms with Crippen LogP contribution < -0.4 is 0 Å². The van der Waals surface area contributed by atoms with Gasteiger partial charge in [0.2, 0.25) is 15.9 Å². The third-order valence-electron chi connectivity index (χ3n) is 3.00. The molecule has 1 aromatic heterocycles. The molecular formula is C10H17N3O3S. The molecular weight excluding hydrogens is 242 g/mol. The number of rotatable bonds is 3. The van der Waals surface area contributed by atoms with Gasteiger partial charge in [-0.3, -0.25) is 0 Å². The van der Waals surface area contributed by atoms with E-state index in [1.54, 1.807) is 0 Å². The Kier molecular flexibility index (Phi) is 3.48. The Morgan fingerprint density at radius 2 is 2.29 bits per heavy atom. The smallest absolute Gasteiger partial charge is 0.226 e. The lowest BCUT2D eigenvalue weighted by Gasteiger charge is -2.29. The summed E-state index contributed by atoms with van der Waals surface area (Å²) in [6.45, 7) is 3.00. The summed E-state index contributed by atoms with van der Waals surface area (Å²) in [6, 6.07) is 0. The Labute approximate surface area is 101 Å². The van der Waals surface area contributed by atoms with Crippen LogP contribution in [0.2, 0.25) is 0 Å². The van der Waals surface area contributed by atoms with E-state index in [0.29, 0.717) is 31.2 Å². The van der Waals surface area contributed by atoms with Crippen LogP contribution in [0.5, 0.6) is 0 Å². The van der Waals surface area contributed by atoms with Crippen molar-refractivity contribution >= 4 is 10.0 Å². The van der Waals surface area contributed by atoms with Crippen molar-refractivity contribution in [1.29, 1.82) is 0 Å². The highest BCUT2D eigenvalue weighted by Crippen LogP contribution is 2.26. The predicted molar refractivity (Wildman–Crippen MR) is 62.1 cm³/mol. The second kappa shape index (κ2) is 4.73. The maximum absolute atomic E-state index is 11.5. The van der Waals surface area contributed by atoms with Crippen LogP contribution in [0.3, 0.4) is 0 Å². The average Bonchev–Trinajstić information content (AvgIpc) is 2.76. The molecule has 0 saturated carbocycles. The fourth-order valence-electron chi connectivity index (χ4n) is 2.03. The maximum Gasteiger partial charge on any atom is 0.226 e. The van der Waals surface area contributed by atoms with Gasteiger partial charge in [-0.15, -0.1) is 0 Å². The van der Waals surface area contributed by atoms with E-state index in [0.717, 1.165) is 12.8 Å². The molecule has 0 N–H and O–H groups in total. The molecule has 17 heavy (non-hydrogen) atoms. The van der Waals surface area contributed by atoms with Crippen molar-refractivity contribution in [3.05, 3.63) is 11.7 Å². The lowest BCUT2D eigenvalue weighted by molar-refractivity contribution is 0.302. The Morgan fingerprint density at radius 3 is 2.88 bits per heavy atom. The van der Waals surface area contributed by atoms with Gasteiger partial charge >= 0.3 is 0 Å². The number of hydrogen-bond acceptors (Lipinski definition) is 5. The average molecular weight is 259 g/mol. The monoisotopic (exact) mass is 259 g/mol. The van der Waals surface area contributed by atoms with Gasteiger partial charge in [-0.25, -0.2) is 12.7 Å². The summed E-state index contributed by atoms with van der Waals surface area (Å²) in [4.78, 5) is 4.27. The first-order valence-corrected chi connectivity index (χ1v) is 7.63. The zero-order valence-corrected chi connectivity index (χ0v) is 10.9. The number of sulfonamides is 1. The number of aryl methyl sites for hydroxylation is 1. The zero-order valence-electron chi connectivity index (χ0n) is 10.1. The molecule has 6 nitrogen and oxygen atoms in total. The summed E-state index contributed by atoms with van der Waals surface area (Å²) in [5, 5.41) is 3.92. The van der Waals surface area contributed by atoms with Crippen molar-refractivity contribution in [2.75, 3.05) is 19.3 Å². The molecule has 0 amide bonds. The molecule has 7 heteroatoms. The molecule has 1 fully saturated rings. The molecule has 1 aliphatic rings. The van der Waals surface area contributed by atoms with Crippen LogP contribution in [0.25, 0.3) is 0 Å². The molecule has 0 bridgehead atoms. The maximum atomic E-state index is 11.5. The highest BCUT2D eigenvalue weighted by molar-refractivity contribution is 7.88. The van der Waals surface area contributed by atoms with Crippen molar-refractivity contribution in [3.8, 4) is 0 Å².